The fraction of sp³-hybridized carbons (Fsp3) is 0.412. The quantitative estimate of drug-likeness (QED) is 0.277. The normalized spacial score (nSPS) is 16.3. The van der Waals surface area contributed by atoms with E-state index in [0.717, 1.165) is 89.1 Å². The van der Waals surface area contributed by atoms with Crippen molar-refractivity contribution in [3.8, 4) is 0 Å². The molecule has 0 bridgehead atoms. The van der Waals surface area contributed by atoms with Crippen LogP contribution in [0.5, 0.6) is 0 Å². The van der Waals surface area contributed by atoms with Crippen LogP contribution in [0.1, 0.15) is 69.5 Å². The summed E-state index contributed by atoms with van der Waals surface area (Å²) in [5, 5.41) is 5.96. The van der Waals surface area contributed by atoms with Gasteiger partial charge in [0.05, 0.1) is 17.1 Å². The highest BCUT2D eigenvalue weighted by Crippen LogP contribution is 2.28. The summed E-state index contributed by atoms with van der Waals surface area (Å²) in [4.78, 5) is 19.2. The Balaban J connectivity index is 1.87. The smallest absolute Gasteiger partial charge is 0.222 e. The van der Waals surface area contributed by atoms with Crippen molar-refractivity contribution in [2.45, 2.75) is 70.4 Å². The minimum Gasteiger partial charge on any atom is -0.404 e. The Morgan fingerprint density at radius 1 is 1.23 bits per heavy atom. The van der Waals surface area contributed by atoms with Crippen LogP contribution in [0.25, 0.3) is 30.1 Å². The first-order chi connectivity index (χ1) is 19.1. The molecule has 1 saturated heterocycles. The summed E-state index contributed by atoms with van der Waals surface area (Å²) in [7, 11) is 1.89. The maximum Gasteiger partial charge on any atom is 0.222 e. The number of fused-ring (bicyclic) bond motifs is 1. The van der Waals surface area contributed by atoms with Gasteiger partial charge in [0.1, 0.15) is 0 Å². The number of likely N-dealkylation sites (tertiary alicyclic amines) is 1. The van der Waals surface area contributed by atoms with Gasteiger partial charge >= 0.3 is 0 Å². The average molecular weight is 542 g/mol. The molecule has 0 spiro atoms. The third-order valence-corrected chi connectivity index (χ3v) is 8.23. The summed E-state index contributed by atoms with van der Waals surface area (Å²) in [6, 6.07) is 4.34. The minimum absolute atomic E-state index is 0.0650. The van der Waals surface area contributed by atoms with Gasteiger partial charge in [0.2, 0.25) is 5.91 Å². The number of piperidine rings is 1. The Hall–Kier alpha value is -3.80. The number of carbonyl (C=O) groups is 1. The Morgan fingerprint density at radius 2 is 1.93 bits per heavy atom. The van der Waals surface area contributed by atoms with E-state index in [1.54, 1.807) is 6.20 Å². The highest BCUT2D eigenvalue weighted by molar-refractivity contribution is 5.92. The first-order valence-corrected chi connectivity index (χ1v) is 14.3. The van der Waals surface area contributed by atoms with Crippen LogP contribution in [0.2, 0.25) is 0 Å². The van der Waals surface area contributed by atoms with Gasteiger partial charge in [-0.2, -0.15) is 0 Å². The van der Waals surface area contributed by atoms with Crippen molar-refractivity contribution in [3.63, 3.8) is 0 Å². The van der Waals surface area contributed by atoms with Crippen molar-refractivity contribution in [2.24, 2.45) is 10.7 Å². The molecule has 1 aliphatic heterocycles. The van der Waals surface area contributed by atoms with Gasteiger partial charge in [0, 0.05) is 60.8 Å². The molecule has 2 aromatic rings. The molecule has 1 amide bonds. The zero-order chi connectivity index (χ0) is 29.4. The van der Waals surface area contributed by atoms with Gasteiger partial charge in [0.15, 0.2) is 0 Å². The van der Waals surface area contributed by atoms with Crippen LogP contribution in [0.3, 0.4) is 0 Å². The highest BCUT2D eigenvalue weighted by atomic mass is 16.2. The number of nitrogens with two attached hydrogens (primary N) is 1. The highest BCUT2D eigenvalue weighted by Gasteiger charge is 2.30. The Kier molecular flexibility index (Phi) is 10.4. The Bertz CT molecular complexity index is 1420. The number of nitrogens with one attached hydrogen (secondary N) is 1. The van der Waals surface area contributed by atoms with Crippen molar-refractivity contribution in [1.29, 1.82) is 0 Å². The number of benzene rings is 1. The van der Waals surface area contributed by atoms with Gasteiger partial charge in [-0.15, -0.1) is 6.58 Å². The molecule has 1 atom stereocenters. The zero-order valence-electron chi connectivity index (χ0n) is 24.8. The third kappa shape index (κ3) is 6.67. The minimum atomic E-state index is -0.207. The fourth-order valence-electron chi connectivity index (χ4n) is 5.51. The molecular weight excluding hydrogens is 494 g/mol. The molecule has 0 radical (unpaired) electrons. The van der Waals surface area contributed by atoms with Crippen LogP contribution in [-0.2, 0) is 11.2 Å². The first kappa shape index (κ1) is 30.7. The lowest BCUT2D eigenvalue weighted by atomic mass is 9.90. The van der Waals surface area contributed by atoms with Gasteiger partial charge in [0.25, 0.3) is 0 Å². The van der Waals surface area contributed by atoms with E-state index in [1.807, 2.05) is 37.2 Å². The molecule has 2 heterocycles. The van der Waals surface area contributed by atoms with Gasteiger partial charge in [-0.3, -0.25) is 9.79 Å². The number of allylic oxidation sites excluding steroid dienone is 3. The van der Waals surface area contributed by atoms with Crippen LogP contribution < -0.4 is 21.6 Å². The van der Waals surface area contributed by atoms with Crippen molar-refractivity contribution in [3.05, 3.63) is 77.1 Å². The van der Waals surface area contributed by atoms with E-state index >= 15 is 0 Å². The van der Waals surface area contributed by atoms with E-state index in [1.165, 1.54) is 0 Å². The molecule has 214 valence electrons. The van der Waals surface area contributed by atoms with E-state index in [4.69, 9.17) is 10.7 Å². The lowest BCUT2D eigenvalue weighted by Crippen LogP contribution is -2.44. The number of aliphatic imine (C=N–C) groups is 1. The number of hydrogen-bond acceptors (Lipinski definition) is 4. The van der Waals surface area contributed by atoms with Crippen LogP contribution in [0, 0.1) is 0 Å². The number of amides is 1. The van der Waals surface area contributed by atoms with Crippen LogP contribution in [0.15, 0.2) is 60.4 Å². The Morgan fingerprint density at radius 3 is 2.50 bits per heavy atom. The number of nitrogens with zero attached hydrogens (tertiary/aromatic N) is 3. The number of carbonyl (C=O) groups excluding carboxylic acids is 1. The third-order valence-electron chi connectivity index (χ3n) is 8.23. The molecule has 1 fully saturated rings. The van der Waals surface area contributed by atoms with Crippen molar-refractivity contribution >= 4 is 42.3 Å². The number of aromatic nitrogens is 1. The standard InChI is InChI=1S/C34H47N5O/c1-9-12-32(40)38-19-17-34(7,18-20-38)37-23-27(22-35)21-28-14-16-31-33(30(28)11-3)25(5)26(6)39(31)29(10-2)15-13-24(4)36-8/h10-11,14,16,22-23,29,36H,2-6,9,12-13,15,17-21,35H2,1,7-8H3/b27-22-,37-23?. The number of rotatable bonds is 13. The first-order valence-electron chi connectivity index (χ1n) is 14.3. The predicted molar refractivity (Wildman–Crippen MR) is 173 cm³/mol. The molecule has 3 N–H and O–H groups in total. The zero-order valence-corrected chi connectivity index (χ0v) is 24.8. The van der Waals surface area contributed by atoms with E-state index in [2.05, 4.69) is 61.8 Å². The fourth-order valence-corrected chi connectivity index (χ4v) is 5.51. The van der Waals surface area contributed by atoms with E-state index in [0.29, 0.717) is 12.8 Å². The van der Waals surface area contributed by atoms with E-state index in [-0.39, 0.29) is 17.5 Å². The summed E-state index contributed by atoms with van der Waals surface area (Å²) in [6.07, 6.45) is 12.9. The Labute approximate surface area is 240 Å². The molecule has 1 unspecified atom stereocenters. The molecule has 1 aliphatic rings. The lowest BCUT2D eigenvalue weighted by molar-refractivity contribution is -0.132. The molecule has 0 aliphatic carbocycles. The van der Waals surface area contributed by atoms with Gasteiger partial charge < -0.3 is 20.5 Å². The average Bonchev–Trinajstić information content (AvgIpc) is 3.21. The summed E-state index contributed by atoms with van der Waals surface area (Å²) >= 11 is 0. The van der Waals surface area contributed by atoms with Crippen molar-refractivity contribution < 1.29 is 4.79 Å². The molecule has 6 heteroatoms. The SMILES string of the molecule is C=Cc1c(C/C(C=NC2(C)CCN(C(=O)CCC)CC2)=C/N)ccc2c1c(=C)c(=C)n2C(C=C)CCC(=C)NC. The summed E-state index contributed by atoms with van der Waals surface area (Å²) in [6.45, 7) is 26.8. The summed E-state index contributed by atoms with van der Waals surface area (Å²) in [5.41, 5.74) is 11.0. The van der Waals surface area contributed by atoms with Gasteiger partial charge in [-0.05, 0) is 68.0 Å². The van der Waals surface area contributed by atoms with Gasteiger partial charge in [-0.1, -0.05) is 51.5 Å². The van der Waals surface area contributed by atoms with Crippen LogP contribution in [-0.4, -0.2) is 47.3 Å². The van der Waals surface area contributed by atoms with Crippen molar-refractivity contribution in [2.75, 3.05) is 20.1 Å². The lowest BCUT2D eigenvalue weighted by Gasteiger charge is -2.37. The molecular formula is C34H47N5O. The molecule has 3 rings (SSSR count). The maximum absolute atomic E-state index is 12.3. The largest absolute Gasteiger partial charge is 0.404 e. The number of hydrogen-bond donors (Lipinski definition) is 2. The summed E-state index contributed by atoms with van der Waals surface area (Å²) in [5.74, 6) is 0.246. The second kappa shape index (κ2) is 13.5. The predicted octanol–water partition coefficient (Wildman–Crippen LogP) is 4.98. The summed E-state index contributed by atoms with van der Waals surface area (Å²) < 4.78 is 2.23. The molecule has 6 nitrogen and oxygen atoms in total. The second-order valence-electron chi connectivity index (χ2n) is 11.0. The van der Waals surface area contributed by atoms with Crippen LogP contribution >= 0.6 is 0 Å². The second-order valence-corrected chi connectivity index (χ2v) is 11.0. The molecule has 0 saturated carbocycles. The van der Waals surface area contributed by atoms with E-state index < -0.39 is 0 Å². The molecule has 40 heavy (non-hydrogen) atoms. The topological polar surface area (TPSA) is 75.6 Å². The maximum atomic E-state index is 12.3. The monoisotopic (exact) mass is 541 g/mol. The van der Waals surface area contributed by atoms with Gasteiger partial charge in [-0.25, -0.2) is 0 Å². The van der Waals surface area contributed by atoms with Crippen LogP contribution in [0.4, 0.5) is 0 Å². The van der Waals surface area contributed by atoms with E-state index in [9.17, 15) is 4.79 Å². The molecule has 1 aromatic carbocycles. The van der Waals surface area contributed by atoms with Crippen molar-refractivity contribution in [1.82, 2.24) is 14.8 Å². The molecule has 1 aromatic heterocycles.